The maximum atomic E-state index is 13.1. The minimum Gasteiger partial charge on any atom is -0.462 e. The number of hydrogen-bond acceptors (Lipinski definition) is 6. The molecule has 0 spiro atoms. The van der Waals surface area contributed by atoms with E-state index in [-0.39, 0.29) is 17.8 Å². The molecule has 1 aliphatic rings. The topological polar surface area (TPSA) is 54.9 Å². The average Bonchev–Trinajstić information content (AvgIpc) is 2.78. The van der Waals surface area contributed by atoms with Gasteiger partial charge in [-0.05, 0) is 36.8 Å². The molecule has 1 aliphatic heterocycles. The largest absolute Gasteiger partial charge is 0.462 e. The molecule has 0 saturated carbocycles. The fourth-order valence-corrected chi connectivity index (χ4v) is 3.44. The van der Waals surface area contributed by atoms with E-state index in [0.717, 1.165) is 37.6 Å². The summed E-state index contributed by atoms with van der Waals surface area (Å²) in [7, 11) is 1.70. The molecule has 1 saturated heterocycles. The molecule has 0 bridgehead atoms. The number of esters is 1. The number of benzene rings is 1. The van der Waals surface area contributed by atoms with E-state index in [1.54, 1.807) is 38.4 Å². The number of pyridine rings is 1. The van der Waals surface area contributed by atoms with Crippen LogP contribution in [0.2, 0.25) is 0 Å². The number of methoxy groups -OCH3 is 1. The molecule has 0 N–H and O–H groups in total. The number of halogens is 1. The Morgan fingerprint density at radius 3 is 2.50 bits per heavy atom. The van der Waals surface area contributed by atoms with Crippen molar-refractivity contribution in [2.24, 2.45) is 0 Å². The Labute approximate surface area is 176 Å². The Kier molecular flexibility index (Phi) is 7.93. The van der Waals surface area contributed by atoms with Crippen LogP contribution in [0.25, 0.3) is 6.08 Å². The average molecular weight is 413 g/mol. The molecular weight excluding hydrogens is 385 g/mol. The molecule has 0 amide bonds. The summed E-state index contributed by atoms with van der Waals surface area (Å²) in [6, 6.07) is 10.2. The van der Waals surface area contributed by atoms with E-state index in [1.807, 2.05) is 12.1 Å². The third kappa shape index (κ3) is 5.87. The number of carbonyl (C=O) groups excluding carboxylic acids is 1. The number of nitrogens with zero attached hydrogens (tertiary/aromatic N) is 3. The van der Waals surface area contributed by atoms with Gasteiger partial charge in [0, 0.05) is 39.5 Å². The minimum atomic E-state index is -0.350. The van der Waals surface area contributed by atoms with Crippen LogP contribution in [0, 0.1) is 5.82 Å². The molecule has 1 unspecified atom stereocenters. The van der Waals surface area contributed by atoms with Gasteiger partial charge in [0.1, 0.15) is 11.6 Å². The van der Waals surface area contributed by atoms with Gasteiger partial charge in [0.2, 0.25) is 0 Å². The van der Waals surface area contributed by atoms with Crippen LogP contribution in [-0.4, -0.2) is 68.4 Å². The van der Waals surface area contributed by atoms with Crippen molar-refractivity contribution in [3.05, 3.63) is 65.6 Å². The summed E-state index contributed by atoms with van der Waals surface area (Å²) < 4.78 is 23.5. The van der Waals surface area contributed by atoms with Gasteiger partial charge in [-0.3, -0.25) is 4.90 Å². The number of hydrogen-bond donors (Lipinski definition) is 0. The second-order valence-electron chi connectivity index (χ2n) is 7.08. The highest BCUT2D eigenvalue weighted by Crippen LogP contribution is 2.17. The van der Waals surface area contributed by atoms with E-state index in [4.69, 9.17) is 9.47 Å². The van der Waals surface area contributed by atoms with Gasteiger partial charge in [0.15, 0.2) is 0 Å². The Morgan fingerprint density at radius 1 is 1.17 bits per heavy atom. The molecular formula is C23H28FN3O3. The van der Waals surface area contributed by atoms with Crippen molar-refractivity contribution < 1.29 is 18.7 Å². The predicted molar refractivity (Wildman–Crippen MR) is 115 cm³/mol. The van der Waals surface area contributed by atoms with Gasteiger partial charge in [0.25, 0.3) is 0 Å². The predicted octanol–water partition coefficient (Wildman–Crippen LogP) is 3.25. The van der Waals surface area contributed by atoms with E-state index < -0.39 is 0 Å². The molecule has 30 heavy (non-hydrogen) atoms. The second kappa shape index (κ2) is 10.8. The minimum absolute atomic E-state index is 0.140. The summed E-state index contributed by atoms with van der Waals surface area (Å²) in [6.07, 6.45) is 5.68. The van der Waals surface area contributed by atoms with E-state index in [1.165, 1.54) is 12.1 Å². The van der Waals surface area contributed by atoms with Crippen LogP contribution in [0.15, 0.2) is 48.7 Å². The van der Waals surface area contributed by atoms with Crippen LogP contribution in [-0.2, 0) is 9.47 Å². The summed E-state index contributed by atoms with van der Waals surface area (Å²) in [6.45, 7) is 6.11. The van der Waals surface area contributed by atoms with E-state index in [9.17, 15) is 9.18 Å². The normalized spacial score (nSPS) is 16.0. The highest BCUT2D eigenvalue weighted by atomic mass is 19.1. The zero-order valence-corrected chi connectivity index (χ0v) is 17.5. The van der Waals surface area contributed by atoms with Gasteiger partial charge in [-0.2, -0.15) is 0 Å². The quantitative estimate of drug-likeness (QED) is 0.620. The van der Waals surface area contributed by atoms with E-state index >= 15 is 0 Å². The van der Waals surface area contributed by atoms with Crippen molar-refractivity contribution in [3.63, 3.8) is 0 Å². The summed E-state index contributed by atoms with van der Waals surface area (Å²) >= 11 is 0. The second-order valence-corrected chi connectivity index (χ2v) is 7.08. The van der Waals surface area contributed by atoms with Crippen LogP contribution in [0.1, 0.15) is 22.8 Å². The number of aromatic nitrogens is 1. The van der Waals surface area contributed by atoms with Gasteiger partial charge < -0.3 is 14.4 Å². The molecule has 1 aromatic carbocycles. The zero-order valence-electron chi connectivity index (χ0n) is 17.5. The van der Waals surface area contributed by atoms with Crippen LogP contribution in [0.5, 0.6) is 0 Å². The van der Waals surface area contributed by atoms with Crippen molar-refractivity contribution in [1.29, 1.82) is 0 Å². The third-order valence-corrected chi connectivity index (χ3v) is 5.08. The molecule has 160 valence electrons. The Hall–Kier alpha value is -2.77. The monoisotopic (exact) mass is 413 g/mol. The lowest BCUT2D eigenvalue weighted by Crippen LogP contribution is -2.51. The first kappa shape index (κ1) is 21.9. The Bertz CT molecular complexity index is 832. The lowest BCUT2D eigenvalue weighted by molar-refractivity contribution is 0.0526. The Balaban J connectivity index is 1.58. The highest BCUT2D eigenvalue weighted by Gasteiger charge is 2.23. The number of ether oxygens (including phenoxy) is 2. The molecule has 1 atom stereocenters. The first-order chi connectivity index (χ1) is 14.6. The Morgan fingerprint density at radius 2 is 1.90 bits per heavy atom. The molecule has 0 radical (unpaired) electrons. The number of piperazine rings is 1. The van der Waals surface area contributed by atoms with Crippen molar-refractivity contribution in [2.45, 2.75) is 13.0 Å². The van der Waals surface area contributed by atoms with Crippen molar-refractivity contribution in [1.82, 2.24) is 9.88 Å². The molecule has 1 aromatic heterocycles. The number of rotatable bonds is 8. The molecule has 3 rings (SSSR count). The molecule has 7 heteroatoms. The maximum absolute atomic E-state index is 13.1. The summed E-state index contributed by atoms with van der Waals surface area (Å²) in [5, 5.41) is 0. The van der Waals surface area contributed by atoms with Crippen LogP contribution >= 0.6 is 0 Å². The maximum Gasteiger partial charge on any atom is 0.339 e. The molecule has 2 aromatic rings. The molecule has 6 nitrogen and oxygen atoms in total. The lowest BCUT2D eigenvalue weighted by atomic mass is 10.1. The SMILES string of the molecule is CCOC(=O)c1ccc(N2CCN(C(/C=C/c3ccc(F)cc3)COC)CC2)nc1. The third-order valence-electron chi connectivity index (χ3n) is 5.08. The fourth-order valence-electron chi connectivity index (χ4n) is 3.44. The van der Waals surface area contributed by atoms with Crippen LogP contribution in [0.3, 0.4) is 0 Å². The van der Waals surface area contributed by atoms with Gasteiger partial charge in [-0.15, -0.1) is 0 Å². The van der Waals surface area contributed by atoms with Gasteiger partial charge in [-0.1, -0.05) is 24.3 Å². The lowest BCUT2D eigenvalue weighted by Gasteiger charge is -2.38. The first-order valence-electron chi connectivity index (χ1n) is 10.2. The standard InChI is InChI=1S/C23H28FN3O3/c1-3-30-23(28)19-7-11-22(25-16-19)27-14-12-26(13-15-27)21(17-29-2)10-6-18-4-8-20(24)9-5-18/h4-11,16,21H,3,12-15,17H2,1-2H3/b10-6+. The first-order valence-corrected chi connectivity index (χ1v) is 10.2. The van der Waals surface area contributed by atoms with Gasteiger partial charge >= 0.3 is 5.97 Å². The molecule has 1 fully saturated rings. The molecule has 0 aliphatic carbocycles. The highest BCUT2D eigenvalue weighted by molar-refractivity contribution is 5.89. The number of carbonyl (C=O) groups is 1. The summed E-state index contributed by atoms with van der Waals surface area (Å²) in [5.41, 5.74) is 1.42. The van der Waals surface area contributed by atoms with E-state index in [2.05, 4.69) is 20.9 Å². The van der Waals surface area contributed by atoms with Crippen LogP contribution < -0.4 is 4.90 Å². The van der Waals surface area contributed by atoms with Crippen molar-refractivity contribution >= 4 is 17.9 Å². The van der Waals surface area contributed by atoms with Crippen LogP contribution in [0.4, 0.5) is 10.2 Å². The van der Waals surface area contributed by atoms with Crippen molar-refractivity contribution in [2.75, 3.05) is 51.4 Å². The van der Waals surface area contributed by atoms with Gasteiger partial charge in [0.05, 0.1) is 24.8 Å². The zero-order chi connectivity index (χ0) is 21.3. The molecule has 2 heterocycles. The van der Waals surface area contributed by atoms with Gasteiger partial charge in [-0.25, -0.2) is 14.2 Å². The summed E-state index contributed by atoms with van der Waals surface area (Å²) in [4.78, 5) is 20.8. The fraction of sp³-hybridized carbons (Fsp3) is 0.391. The smallest absolute Gasteiger partial charge is 0.339 e. The summed E-state index contributed by atoms with van der Waals surface area (Å²) in [5.74, 6) is 0.269. The van der Waals surface area contributed by atoms with Crippen molar-refractivity contribution in [3.8, 4) is 0 Å². The number of anilines is 1. The van der Waals surface area contributed by atoms with E-state index in [0.29, 0.717) is 18.8 Å².